The van der Waals surface area contributed by atoms with E-state index < -0.39 is 17.7 Å². The highest BCUT2D eigenvalue weighted by Gasteiger charge is 2.45. The Bertz CT molecular complexity index is 1240. The number of carbonyl (C=O) groups is 2. The van der Waals surface area contributed by atoms with E-state index in [9.17, 15) is 14.7 Å². The van der Waals surface area contributed by atoms with Crippen molar-refractivity contribution in [2.45, 2.75) is 31.9 Å². The van der Waals surface area contributed by atoms with Gasteiger partial charge < -0.3 is 14.7 Å². The van der Waals surface area contributed by atoms with Gasteiger partial charge in [-0.05, 0) is 60.4 Å². The lowest BCUT2D eigenvalue weighted by molar-refractivity contribution is -0.139. The fraction of sp³-hybridized carbons (Fsp3) is 0.222. The Kier molecular flexibility index (Phi) is 5.42. The van der Waals surface area contributed by atoms with Gasteiger partial charge in [0.2, 0.25) is 0 Å². The molecule has 0 bridgehead atoms. The van der Waals surface area contributed by atoms with Crippen molar-refractivity contribution in [1.82, 2.24) is 9.88 Å². The molecule has 0 spiro atoms. The molecule has 6 heteroatoms. The van der Waals surface area contributed by atoms with Gasteiger partial charge in [-0.25, -0.2) is 0 Å². The van der Waals surface area contributed by atoms with E-state index in [4.69, 9.17) is 4.74 Å². The molecule has 1 aromatic heterocycles. The van der Waals surface area contributed by atoms with Crippen molar-refractivity contribution in [3.63, 3.8) is 0 Å². The number of aliphatic hydroxyl groups is 1. The van der Waals surface area contributed by atoms with Crippen molar-refractivity contribution < 1.29 is 19.4 Å². The van der Waals surface area contributed by atoms with Crippen LogP contribution in [0.1, 0.15) is 35.2 Å². The van der Waals surface area contributed by atoms with Crippen LogP contribution in [-0.2, 0) is 22.4 Å². The van der Waals surface area contributed by atoms with Crippen molar-refractivity contribution in [2.24, 2.45) is 0 Å². The number of aromatic nitrogens is 1. The second kappa shape index (κ2) is 8.54. The summed E-state index contributed by atoms with van der Waals surface area (Å²) in [5.74, 6) is -0.660. The summed E-state index contributed by atoms with van der Waals surface area (Å²) in [6.07, 6.45) is 4.65. The number of aliphatic hydroxyl groups excluding tert-OH is 1. The van der Waals surface area contributed by atoms with Crippen LogP contribution in [0.4, 0.5) is 0 Å². The predicted molar refractivity (Wildman–Crippen MR) is 124 cm³/mol. The summed E-state index contributed by atoms with van der Waals surface area (Å²) in [6, 6.07) is 18.1. The number of carbonyl (C=O) groups excluding carboxylic acids is 2. The van der Waals surface area contributed by atoms with Crippen LogP contribution in [0.15, 0.2) is 78.6 Å². The molecule has 1 N–H and O–H groups in total. The molecule has 1 fully saturated rings. The summed E-state index contributed by atoms with van der Waals surface area (Å²) in [7, 11) is 0. The first-order valence-electron chi connectivity index (χ1n) is 11.0. The first-order chi connectivity index (χ1) is 16.0. The van der Waals surface area contributed by atoms with Crippen LogP contribution >= 0.6 is 0 Å². The molecular formula is C27H24N2O4. The molecule has 1 amide bonds. The Morgan fingerprint density at radius 2 is 1.85 bits per heavy atom. The SMILES string of the molecule is CC1Cc2cc(/C(O)=C3\C(=O)C(=O)N(CCc4ccccc4)C3c3ccncc3)ccc2O1. The Balaban J connectivity index is 1.56. The summed E-state index contributed by atoms with van der Waals surface area (Å²) in [4.78, 5) is 31.9. The van der Waals surface area contributed by atoms with Gasteiger partial charge in [0, 0.05) is 30.9 Å². The summed E-state index contributed by atoms with van der Waals surface area (Å²) in [5.41, 5.74) is 3.39. The minimum Gasteiger partial charge on any atom is -0.507 e. The van der Waals surface area contributed by atoms with Crippen LogP contribution in [0.25, 0.3) is 5.76 Å². The normalized spacial score (nSPS) is 21.2. The van der Waals surface area contributed by atoms with E-state index in [1.807, 2.05) is 43.3 Å². The molecule has 6 nitrogen and oxygen atoms in total. The van der Waals surface area contributed by atoms with Crippen LogP contribution in [0, 0.1) is 0 Å². The highest BCUT2D eigenvalue weighted by Crippen LogP contribution is 2.40. The molecule has 2 aromatic carbocycles. The standard InChI is InChI=1S/C27H24N2O4/c1-17-15-21-16-20(7-8-22(21)33-17)25(30)23-24(19-9-12-28-13-10-19)29(27(32)26(23)31)14-11-18-5-3-2-4-6-18/h2-10,12-13,16-17,24,30H,11,14-15H2,1H3/b25-23+. The third-order valence-corrected chi connectivity index (χ3v) is 6.22. The monoisotopic (exact) mass is 440 g/mol. The largest absolute Gasteiger partial charge is 0.507 e. The minimum atomic E-state index is -0.680. The summed E-state index contributed by atoms with van der Waals surface area (Å²) >= 11 is 0. The van der Waals surface area contributed by atoms with Crippen molar-refractivity contribution >= 4 is 17.4 Å². The smallest absolute Gasteiger partial charge is 0.295 e. The second-order valence-corrected chi connectivity index (χ2v) is 8.46. The zero-order valence-electron chi connectivity index (χ0n) is 18.3. The van der Waals surface area contributed by atoms with Crippen molar-refractivity contribution in [3.05, 3.63) is 101 Å². The molecular weight excluding hydrogens is 416 g/mol. The molecule has 0 saturated carbocycles. The highest BCUT2D eigenvalue weighted by molar-refractivity contribution is 6.46. The van der Waals surface area contributed by atoms with E-state index in [1.165, 1.54) is 0 Å². The molecule has 5 rings (SSSR count). The second-order valence-electron chi connectivity index (χ2n) is 8.46. The Morgan fingerprint density at radius 1 is 1.09 bits per heavy atom. The van der Waals surface area contributed by atoms with Gasteiger partial charge in [-0.2, -0.15) is 0 Å². The maximum atomic E-state index is 13.2. The minimum absolute atomic E-state index is 0.0674. The van der Waals surface area contributed by atoms with Gasteiger partial charge in [0.1, 0.15) is 17.6 Å². The van der Waals surface area contributed by atoms with Gasteiger partial charge >= 0.3 is 0 Å². The van der Waals surface area contributed by atoms with Crippen LogP contribution in [-0.4, -0.2) is 39.3 Å². The number of pyridine rings is 1. The topological polar surface area (TPSA) is 79.7 Å². The third-order valence-electron chi connectivity index (χ3n) is 6.22. The molecule has 33 heavy (non-hydrogen) atoms. The third kappa shape index (κ3) is 3.89. The molecule has 2 unspecified atom stereocenters. The lowest BCUT2D eigenvalue weighted by atomic mass is 9.95. The average molecular weight is 440 g/mol. The molecule has 2 atom stereocenters. The van der Waals surface area contributed by atoms with Crippen molar-refractivity contribution in [2.75, 3.05) is 6.54 Å². The summed E-state index contributed by atoms with van der Waals surface area (Å²) in [5, 5.41) is 11.3. The molecule has 3 heterocycles. The predicted octanol–water partition coefficient (Wildman–Crippen LogP) is 4.07. The first-order valence-corrected chi connectivity index (χ1v) is 11.0. The number of likely N-dealkylation sites (tertiary alicyclic amines) is 1. The van der Waals surface area contributed by atoms with Gasteiger partial charge in [-0.15, -0.1) is 0 Å². The van der Waals surface area contributed by atoms with Crippen LogP contribution in [0.3, 0.4) is 0 Å². The Hall–Kier alpha value is -3.93. The van der Waals surface area contributed by atoms with Crippen LogP contribution in [0.2, 0.25) is 0 Å². The number of benzene rings is 2. The first kappa shape index (κ1) is 20.9. The van der Waals surface area contributed by atoms with Crippen LogP contribution in [0.5, 0.6) is 5.75 Å². The van der Waals surface area contributed by atoms with E-state index in [1.54, 1.807) is 41.6 Å². The van der Waals surface area contributed by atoms with Crippen molar-refractivity contribution in [1.29, 1.82) is 0 Å². The summed E-state index contributed by atoms with van der Waals surface area (Å²) in [6.45, 7) is 2.34. The molecule has 166 valence electrons. The van der Waals surface area contributed by atoms with Crippen molar-refractivity contribution in [3.8, 4) is 5.75 Å². The zero-order chi connectivity index (χ0) is 22.9. The average Bonchev–Trinajstić information content (AvgIpc) is 3.34. The molecule has 2 aliphatic heterocycles. The van der Waals surface area contributed by atoms with Gasteiger partial charge in [-0.3, -0.25) is 14.6 Å². The fourth-order valence-electron chi connectivity index (χ4n) is 4.62. The lowest BCUT2D eigenvalue weighted by Gasteiger charge is -2.25. The number of ether oxygens (including phenoxy) is 1. The number of Topliss-reactive ketones (excluding diaryl/α,β-unsaturated/α-hetero) is 1. The van der Waals surface area contributed by atoms with E-state index >= 15 is 0 Å². The lowest BCUT2D eigenvalue weighted by Crippen LogP contribution is -2.31. The van der Waals surface area contributed by atoms with Gasteiger partial charge in [0.05, 0.1) is 11.6 Å². The van der Waals surface area contributed by atoms with E-state index in [-0.39, 0.29) is 17.4 Å². The summed E-state index contributed by atoms with van der Waals surface area (Å²) < 4.78 is 5.75. The maximum absolute atomic E-state index is 13.2. The quantitative estimate of drug-likeness (QED) is 0.368. The molecule has 1 saturated heterocycles. The molecule has 3 aromatic rings. The van der Waals surface area contributed by atoms with Gasteiger partial charge in [-0.1, -0.05) is 30.3 Å². The molecule has 0 radical (unpaired) electrons. The van der Waals surface area contributed by atoms with Gasteiger partial charge in [0.15, 0.2) is 0 Å². The molecule has 2 aliphatic rings. The number of ketones is 1. The fourth-order valence-corrected chi connectivity index (χ4v) is 4.62. The number of nitrogens with zero attached hydrogens (tertiary/aromatic N) is 2. The number of amides is 1. The Labute approximate surface area is 192 Å². The number of hydrogen-bond acceptors (Lipinski definition) is 5. The zero-order valence-corrected chi connectivity index (χ0v) is 18.3. The van der Waals surface area contributed by atoms with Crippen LogP contribution < -0.4 is 4.74 Å². The number of fused-ring (bicyclic) bond motifs is 1. The van der Waals surface area contributed by atoms with E-state index in [0.717, 1.165) is 28.9 Å². The van der Waals surface area contributed by atoms with E-state index in [2.05, 4.69) is 4.98 Å². The number of rotatable bonds is 5. The van der Waals surface area contributed by atoms with Gasteiger partial charge in [0.25, 0.3) is 11.7 Å². The highest BCUT2D eigenvalue weighted by atomic mass is 16.5. The Morgan fingerprint density at radius 3 is 2.61 bits per heavy atom. The number of hydrogen-bond donors (Lipinski definition) is 1. The maximum Gasteiger partial charge on any atom is 0.295 e. The van der Waals surface area contributed by atoms with E-state index in [0.29, 0.717) is 18.5 Å². The molecule has 0 aliphatic carbocycles.